The number of carbonyl (C=O) groups is 1. The van der Waals surface area contributed by atoms with E-state index in [2.05, 4.69) is 26.1 Å². The Morgan fingerprint density at radius 3 is 2.19 bits per heavy atom. The number of halogens is 2. The molecule has 0 saturated carbocycles. The van der Waals surface area contributed by atoms with E-state index in [1.54, 1.807) is 12.1 Å². The number of carbonyl (C=O) groups excluding carboxylic acids is 1. The fourth-order valence-electron chi connectivity index (χ4n) is 2.38. The van der Waals surface area contributed by atoms with E-state index in [-0.39, 0.29) is 16.9 Å². The second-order valence-corrected chi connectivity index (χ2v) is 9.22. The summed E-state index contributed by atoms with van der Waals surface area (Å²) in [5.74, 6) is -3.70. The second kappa shape index (κ2) is 7.53. The van der Waals surface area contributed by atoms with Gasteiger partial charge in [-0.1, -0.05) is 45.0 Å². The number of anilines is 1. The first-order valence-electron chi connectivity index (χ1n) is 8.01. The van der Waals surface area contributed by atoms with Crippen LogP contribution in [0.5, 0.6) is 0 Å². The Hall–Kier alpha value is -2.28. The van der Waals surface area contributed by atoms with E-state index in [0.29, 0.717) is 11.6 Å². The third-order valence-corrected chi connectivity index (χ3v) is 5.24. The number of hydrogen-bond donors (Lipinski definition) is 1. The summed E-state index contributed by atoms with van der Waals surface area (Å²) >= 11 is 0. The van der Waals surface area contributed by atoms with Crippen LogP contribution in [0.15, 0.2) is 42.5 Å². The molecule has 0 aliphatic rings. The molecule has 0 aromatic heterocycles. The molecule has 1 N–H and O–H groups in total. The van der Waals surface area contributed by atoms with Crippen molar-refractivity contribution >= 4 is 21.4 Å². The Balaban J connectivity index is 2.02. The zero-order chi connectivity index (χ0) is 19.5. The van der Waals surface area contributed by atoms with Crippen molar-refractivity contribution in [2.24, 2.45) is 0 Å². The summed E-state index contributed by atoms with van der Waals surface area (Å²) in [6.07, 6.45) is 0. The maximum Gasteiger partial charge on any atom is 0.239 e. The van der Waals surface area contributed by atoms with Gasteiger partial charge in [0.1, 0.15) is 17.4 Å². The molecule has 0 heterocycles. The third-order valence-electron chi connectivity index (χ3n) is 3.76. The van der Waals surface area contributed by atoms with Gasteiger partial charge in [-0.25, -0.2) is 17.2 Å². The Morgan fingerprint density at radius 2 is 1.65 bits per heavy atom. The standard InChI is InChI=1S/C19H21F2NO3S/c1-19(2,3)14-6-4-13(5-7-14)11-26(24,25)12-18(23)22-17-9-8-15(20)10-16(17)21/h4-10H,11-12H2,1-3H3,(H,22,23). The topological polar surface area (TPSA) is 63.2 Å². The Labute approximate surface area is 152 Å². The Kier molecular flexibility index (Phi) is 5.81. The van der Waals surface area contributed by atoms with Crippen LogP contribution in [0.2, 0.25) is 0 Å². The molecule has 0 radical (unpaired) electrons. The normalized spacial score (nSPS) is 12.0. The lowest BCUT2D eigenvalue weighted by molar-refractivity contribution is -0.113. The van der Waals surface area contributed by atoms with Gasteiger partial charge in [0.15, 0.2) is 9.84 Å². The maximum absolute atomic E-state index is 13.5. The molecule has 2 aromatic carbocycles. The highest BCUT2D eigenvalue weighted by Gasteiger charge is 2.19. The van der Waals surface area contributed by atoms with Gasteiger partial charge in [0.25, 0.3) is 0 Å². The van der Waals surface area contributed by atoms with Crippen molar-refractivity contribution in [1.82, 2.24) is 0 Å². The van der Waals surface area contributed by atoms with Gasteiger partial charge >= 0.3 is 0 Å². The van der Waals surface area contributed by atoms with Crippen molar-refractivity contribution < 1.29 is 22.0 Å². The fraction of sp³-hybridized carbons (Fsp3) is 0.316. The highest BCUT2D eigenvalue weighted by Crippen LogP contribution is 2.23. The molecule has 0 bridgehead atoms. The van der Waals surface area contributed by atoms with Crippen LogP contribution in [0, 0.1) is 11.6 Å². The summed E-state index contributed by atoms with van der Waals surface area (Å²) in [6.45, 7) is 6.16. The first-order valence-corrected chi connectivity index (χ1v) is 9.83. The van der Waals surface area contributed by atoms with Crippen molar-refractivity contribution in [3.63, 3.8) is 0 Å². The molecule has 2 rings (SSSR count). The summed E-state index contributed by atoms with van der Waals surface area (Å²) in [5.41, 5.74) is 1.33. The van der Waals surface area contributed by atoms with Crippen molar-refractivity contribution in [1.29, 1.82) is 0 Å². The van der Waals surface area contributed by atoms with Gasteiger partial charge in [-0.3, -0.25) is 4.79 Å². The molecule has 0 aliphatic carbocycles. The number of amides is 1. The number of benzene rings is 2. The maximum atomic E-state index is 13.5. The molecular formula is C19H21F2NO3S. The van der Waals surface area contributed by atoms with Gasteiger partial charge in [-0.2, -0.15) is 0 Å². The molecule has 0 aliphatic heterocycles. The minimum Gasteiger partial charge on any atom is -0.323 e. The van der Waals surface area contributed by atoms with Crippen LogP contribution in [-0.2, 0) is 25.8 Å². The molecule has 1 amide bonds. The van der Waals surface area contributed by atoms with Crippen LogP contribution in [0.3, 0.4) is 0 Å². The van der Waals surface area contributed by atoms with Gasteiger partial charge in [0, 0.05) is 6.07 Å². The van der Waals surface area contributed by atoms with E-state index in [4.69, 9.17) is 0 Å². The van der Waals surface area contributed by atoms with Crippen LogP contribution in [0.25, 0.3) is 0 Å². The molecule has 0 saturated heterocycles. The van der Waals surface area contributed by atoms with Crippen LogP contribution >= 0.6 is 0 Å². The summed E-state index contributed by atoms with van der Waals surface area (Å²) in [4.78, 5) is 11.9. The number of hydrogen-bond acceptors (Lipinski definition) is 3. The molecule has 0 fully saturated rings. The monoisotopic (exact) mass is 381 g/mol. The van der Waals surface area contributed by atoms with E-state index < -0.39 is 33.1 Å². The van der Waals surface area contributed by atoms with E-state index in [0.717, 1.165) is 17.7 Å². The van der Waals surface area contributed by atoms with Gasteiger partial charge in [0.2, 0.25) is 5.91 Å². The predicted octanol–water partition coefficient (Wildman–Crippen LogP) is 3.82. The zero-order valence-corrected chi connectivity index (χ0v) is 15.7. The quantitative estimate of drug-likeness (QED) is 0.856. The van der Waals surface area contributed by atoms with Crippen LogP contribution in [-0.4, -0.2) is 20.1 Å². The summed E-state index contributed by atoms with van der Waals surface area (Å²) in [5, 5.41) is 2.15. The van der Waals surface area contributed by atoms with E-state index in [1.165, 1.54) is 0 Å². The van der Waals surface area contributed by atoms with E-state index in [1.807, 2.05) is 12.1 Å². The fourth-order valence-corrected chi connectivity index (χ4v) is 3.66. The molecule has 2 aromatic rings. The van der Waals surface area contributed by atoms with Crippen LogP contribution < -0.4 is 5.32 Å². The highest BCUT2D eigenvalue weighted by molar-refractivity contribution is 7.91. The average Bonchev–Trinajstić information content (AvgIpc) is 2.48. The lowest BCUT2D eigenvalue weighted by Gasteiger charge is -2.19. The molecular weight excluding hydrogens is 360 g/mol. The van der Waals surface area contributed by atoms with Crippen molar-refractivity contribution in [3.8, 4) is 0 Å². The van der Waals surface area contributed by atoms with Crippen LogP contribution in [0.4, 0.5) is 14.5 Å². The summed E-state index contributed by atoms with van der Waals surface area (Å²) in [6, 6.07) is 9.79. The third kappa shape index (κ3) is 5.62. The number of nitrogens with one attached hydrogen (secondary N) is 1. The summed E-state index contributed by atoms with van der Waals surface area (Å²) < 4.78 is 50.8. The molecule has 7 heteroatoms. The van der Waals surface area contributed by atoms with Gasteiger partial charge in [-0.05, 0) is 28.7 Å². The van der Waals surface area contributed by atoms with E-state index >= 15 is 0 Å². The van der Waals surface area contributed by atoms with Crippen molar-refractivity contribution in [2.75, 3.05) is 11.1 Å². The molecule has 26 heavy (non-hydrogen) atoms. The Bertz CT molecular complexity index is 901. The molecule has 4 nitrogen and oxygen atoms in total. The molecule has 140 valence electrons. The number of rotatable bonds is 5. The van der Waals surface area contributed by atoms with Gasteiger partial charge in [-0.15, -0.1) is 0 Å². The lowest BCUT2D eigenvalue weighted by Crippen LogP contribution is -2.24. The van der Waals surface area contributed by atoms with Gasteiger partial charge < -0.3 is 5.32 Å². The van der Waals surface area contributed by atoms with Crippen LogP contribution in [0.1, 0.15) is 31.9 Å². The minimum absolute atomic E-state index is 0.0451. The zero-order valence-electron chi connectivity index (χ0n) is 14.8. The second-order valence-electron chi connectivity index (χ2n) is 7.15. The smallest absolute Gasteiger partial charge is 0.239 e. The first kappa shape index (κ1) is 20.0. The number of sulfone groups is 1. The van der Waals surface area contributed by atoms with E-state index in [9.17, 15) is 22.0 Å². The lowest BCUT2D eigenvalue weighted by atomic mass is 9.87. The molecule has 0 unspecified atom stereocenters. The Morgan fingerprint density at radius 1 is 1.04 bits per heavy atom. The molecule has 0 atom stereocenters. The largest absolute Gasteiger partial charge is 0.323 e. The highest BCUT2D eigenvalue weighted by atomic mass is 32.2. The predicted molar refractivity (Wildman–Crippen MR) is 97.6 cm³/mol. The average molecular weight is 381 g/mol. The minimum atomic E-state index is -3.73. The van der Waals surface area contributed by atoms with Crippen molar-refractivity contribution in [3.05, 3.63) is 65.2 Å². The SMILES string of the molecule is CC(C)(C)c1ccc(CS(=O)(=O)CC(=O)Nc2ccc(F)cc2F)cc1. The first-order chi connectivity index (χ1) is 12.0. The van der Waals surface area contributed by atoms with Crippen molar-refractivity contribution in [2.45, 2.75) is 31.9 Å². The van der Waals surface area contributed by atoms with Gasteiger partial charge in [0.05, 0.1) is 11.4 Å². The summed E-state index contributed by atoms with van der Waals surface area (Å²) in [7, 11) is -3.73. The molecule has 0 spiro atoms.